The maximum absolute atomic E-state index is 10.3. The molecule has 0 aliphatic rings. The smallest absolute Gasteiger partial charge is 0.195 e. The zero-order chi connectivity index (χ0) is 7.49. The molecule has 0 radical (unpaired) electrons. The molecule has 0 rings (SSSR count). The van der Waals surface area contributed by atoms with Gasteiger partial charge in [0.15, 0.2) is 5.12 Å². The number of hydrogen-bond donors (Lipinski definition) is 1. The zero-order valence-corrected chi connectivity index (χ0v) is 7.68. The molecule has 0 spiro atoms. The molecule has 0 aliphatic carbocycles. The van der Waals surface area contributed by atoms with Crippen molar-refractivity contribution in [3.05, 3.63) is 0 Å². The number of carbonyl (C=O) groups is 1. The molecule has 0 aromatic heterocycles. The Kier molecular flexibility index (Phi) is 3.66. The molecule has 0 saturated heterocycles. The molecule has 0 fully saturated rings. The third-order valence-corrected chi connectivity index (χ3v) is 2.27. The van der Waals surface area contributed by atoms with Crippen LogP contribution in [0, 0.1) is 0 Å². The van der Waals surface area contributed by atoms with E-state index in [1.165, 1.54) is 0 Å². The van der Waals surface area contributed by atoms with Crippen molar-refractivity contribution in [3.63, 3.8) is 0 Å². The normalized spacial score (nSPS) is 11.6. The van der Waals surface area contributed by atoms with Crippen molar-refractivity contribution < 1.29 is 4.79 Å². The number of thiol groups is 1. The van der Waals surface area contributed by atoms with Crippen LogP contribution in [0.3, 0.4) is 0 Å². The highest BCUT2D eigenvalue weighted by molar-refractivity contribution is 8.05. The van der Waals surface area contributed by atoms with Crippen LogP contribution >= 0.6 is 24.4 Å². The maximum Gasteiger partial charge on any atom is 0.195 e. The summed E-state index contributed by atoms with van der Waals surface area (Å²) in [5.74, 6) is 0.507. The van der Waals surface area contributed by atoms with E-state index < -0.39 is 0 Å². The summed E-state index contributed by atoms with van der Waals surface area (Å²) in [6.07, 6.45) is 0. The first-order valence-corrected chi connectivity index (χ1v) is 4.21. The van der Waals surface area contributed by atoms with Crippen LogP contribution in [-0.2, 0) is 4.79 Å². The summed E-state index contributed by atoms with van der Waals surface area (Å²) in [6, 6.07) is 0. The van der Waals surface area contributed by atoms with Crippen molar-refractivity contribution >= 4 is 29.5 Å². The van der Waals surface area contributed by atoms with Gasteiger partial charge in [-0.15, -0.1) is 24.4 Å². The van der Waals surface area contributed by atoms with E-state index in [-0.39, 0.29) is 9.86 Å². The van der Waals surface area contributed by atoms with Gasteiger partial charge in [0, 0.05) is 4.75 Å². The van der Waals surface area contributed by atoms with Crippen molar-refractivity contribution in [3.8, 4) is 0 Å². The largest absolute Gasteiger partial charge is 0.287 e. The second kappa shape index (κ2) is 3.52. The Morgan fingerprint density at radius 2 is 2.00 bits per heavy atom. The van der Waals surface area contributed by atoms with Gasteiger partial charge in [0.05, 0.1) is 5.75 Å². The van der Waals surface area contributed by atoms with Gasteiger partial charge in [-0.3, -0.25) is 4.79 Å². The number of thioether (sulfide) groups is 1. The summed E-state index contributed by atoms with van der Waals surface area (Å²) in [6.45, 7) is 6.23. The van der Waals surface area contributed by atoms with Gasteiger partial charge in [0.2, 0.25) is 0 Å². The molecule has 0 saturated carbocycles. The van der Waals surface area contributed by atoms with Crippen molar-refractivity contribution in [2.45, 2.75) is 25.5 Å². The van der Waals surface area contributed by atoms with Gasteiger partial charge >= 0.3 is 0 Å². The fourth-order valence-corrected chi connectivity index (χ4v) is 1.03. The molecule has 0 unspecified atom stereocenters. The maximum atomic E-state index is 10.3. The monoisotopic (exact) mass is 164 g/mol. The molecule has 0 aromatic rings. The van der Waals surface area contributed by atoms with Crippen molar-refractivity contribution in [1.82, 2.24) is 0 Å². The summed E-state index contributed by atoms with van der Waals surface area (Å²) >= 11 is 5.27. The molecule has 0 bridgehead atoms. The van der Waals surface area contributed by atoms with Crippen LogP contribution in [0.5, 0.6) is 0 Å². The van der Waals surface area contributed by atoms with Crippen molar-refractivity contribution in [2.24, 2.45) is 0 Å². The topological polar surface area (TPSA) is 17.1 Å². The lowest BCUT2D eigenvalue weighted by Crippen LogP contribution is -2.10. The molecule has 0 amide bonds. The van der Waals surface area contributed by atoms with E-state index in [2.05, 4.69) is 33.4 Å². The molecule has 3 heteroatoms. The minimum absolute atomic E-state index is 0.0464. The Labute approximate surface area is 66.0 Å². The fourth-order valence-electron chi connectivity index (χ4n) is 0.278. The van der Waals surface area contributed by atoms with Gasteiger partial charge in [0.1, 0.15) is 0 Å². The van der Waals surface area contributed by atoms with E-state index >= 15 is 0 Å². The number of hydrogen-bond acceptors (Lipinski definition) is 2. The molecular weight excluding hydrogens is 152 g/mol. The van der Waals surface area contributed by atoms with Crippen LogP contribution in [0.15, 0.2) is 0 Å². The third kappa shape index (κ3) is 8.37. The van der Waals surface area contributed by atoms with Crippen LogP contribution in [0.4, 0.5) is 0 Å². The first kappa shape index (κ1) is 9.37. The van der Waals surface area contributed by atoms with Crippen molar-refractivity contribution in [1.29, 1.82) is 0 Å². The minimum Gasteiger partial charge on any atom is -0.287 e. The van der Waals surface area contributed by atoms with Crippen molar-refractivity contribution in [2.75, 3.05) is 5.75 Å². The number of carbonyl (C=O) groups excluding carboxylic acids is 1. The first-order valence-electron chi connectivity index (χ1n) is 2.77. The average Bonchev–Trinajstić information content (AvgIpc) is 1.59. The lowest BCUT2D eigenvalue weighted by atomic mass is 10.3. The molecule has 0 N–H and O–H groups in total. The SMILES string of the molecule is CC(C)(C)SCC(=O)S. The van der Waals surface area contributed by atoms with Crippen LogP contribution in [0.1, 0.15) is 20.8 Å². The highest BCUT2D eigenvalue weighted by Gasteiger charge is 2.10. The molecule has 1 nitrogen and oxygen atoms in total. The molecule has 0 heterocycles. The minimum atomic E-state index is -0.0464. The summed E-state index contributed by atoms with van der Waals surface area (Å²) in [4.78, 5) is 10.3. The quantitative estimate of drug-likeness (QED) is 0.628. The predicted octanol–water partition coefficient (Wildman–Crippen LogP) is 1.97. The standard InChI is InChI=1S/C6H12OS2/c1-6(2,3)9-4-5(7)8/h4H2,1-3H3,(H,7,8). The lowest BCUT2D eigenvalue weighted by Gasteiger charge is -2.15. The van der Waals surface area contributed by atoms with E-state index in [9.17, 15) is 4.79 Å². The molecule has 0 aliphatic heterocycles. The lowest BCUT2D eigenvalue weighted by molar-refractivity contribution is -0.108. The second-order valence-electron chi connectivity index (χ2n) is 2.79. The van der Waals surface area contributed by atoms with Gasteiger partial charge < -0.3 is 0 Å². The van der Waals surface area contributed by atoms with Gasteiger partial charge in [0.25, 0.3) is 0 Å². The first-order chi connectivity index (χ1) is 3.92. The van der Waals surface area contributed by atoms with Crippen LogP contribution in [-0.4, -0.2) is 15.6 Å². The fraction of sp³-hybridized carbons (Fsp3) is 0.833. The van der Waals surface area contributed by atoms with Gasteiger partial charge in [-0.25, -0.2) is 0 Å². The zero-order valence-electron chi connectivity index (χ0n) is 5.97. The van der Waals surface area contributed by atoms with E-state index in [0.29, 0.717) is 5.75 Å². The summed E-state index contributed by atoms with van der Waals surface area (Å²) < 4.78 is 0.179. The molecule has 0 aromatic carbocycles. The highest BCUT2D eigenvalue weighted by Crippen LogP contribution is 2.22. The Balaban J connectivity index is 3.39. The predicted molar refractivity (Wildman–Crippen MR) is 46.2 cm³/mol. The molecule has 9 heavy (non-hydrogen) atoms. The Morgan fingerprint density at radius 3 is 2.11 bits per heavy atom. The molecular formula is C6H12OS2. The van der Waals surface area contributed by atoms with E-state index in [1.807, 2.05) is 0 Å². The van der Waals surface area contributed by atoms with Crippen LogP contribution in [0.2, 0.25) is 0 Å². The van der Waals surface area contributed by atoms with Gasteiger partial charge in [-0.2, -0.15) is 0 Å². The highest BCUT2D eigenvalue weighted by atomic mass is 32.2. The van der Waals surface area contributed by atoms with E-state index in [4.69, 9.17) is 0 Å². The molecule has 0 atom stereocenters. The Morgan fingerprint density at radius 1 is 1.56 bits per heavy atom. The summed E-state index contributed by atoms with van der Waals surface area (Å²) in [5, 5.41) is -0.0464. The Bertz CT molecular complexity index is 104. The van der Waals surface area contributed by atoms with Crippen LogP contribution in [0.25, 0.3) is 0 Å². The van der Waals surface area contributed by atoms with Gasteiger partial charge in [-0.1, -0.05) is 20.8 Å². The van der Waals surface area contributed by atoms with Gasteiger partial charge in [-0.05, 0) is 0 Å². The van der Waals surface area contributed by atoms with E-state index in [1.54, 1.807) is 11.8 Å². The molecule has 54 valence electrons. The number of rotatable bonds is 2. The van der Waals surface area contributed by atoms with E-state index in [0.717, 1.165) is 0 Å². The summed E-state index contributed by atoms with van der Waals surface area (Å²) in [7, 11) is 0. The average molecular weight is 164 g/mol. The third-order valence-electron chi connectivity index (χ3n) is 0.629. The summed E-state index contributed by atoms with van der Waals surface area (Å²) in [5.41, 5.74) is 0. The van der Waals surface area contributed by atoms with Crippen LogP contribution < -0.4 is 0 Å². The second-order valence-corrected chi connectivity index (χ2v) is 5.10. The Hall–Kier alpha value is 0.370.